The van der Waals surface area contributed by atoms with Gasteiger partial charge in [-0.25, -0.2) is 8.78 Å². The lowest BCUT2D eigenvalue weighted by Gasteiger charge is -2.07. The molecule has 2 N–H and O–H groups in total. The fourth-order valence-electron chi connectivity index (χ4n) is 1.11. The first-order valence-electron chi connectivity index (χ1n) is 4.09. The first-order valence-corrected chi connectivity index (χ1v) is 4.89. The van der Waals surface area contributed by atoms with Gasteiger partial charge in [0.15, 0.2) is 0 Å². The Morgan fingerprint density at radius 3 is 2.64 bits per heavy atom. The van der Waals surface area contributed by atoms with Gasteiger partial charge in [-0.1, -0.05) is 6.58 Å². The summed E-state index contributed by atoms with van der Waals surface area (Å²) in [6, 6.07) is 2.57. The molecule has 0 amide bonds. The van der Waals surface area contributed by atoms with Gasteiger partial charge in [0.2, 0.25) is 0 Å². The maximum Gasteiger partial charge on any atom is 0.147 e. The third-order valence-corrected chi connectivity index (χ3v) is 2.59. The third-order valence-electron chi connectivity index (χ3n) is 1.86. The summed E-state index contributed by atoms with van der Waals surface area (Å²) in [6.07, 6.45) is 0.495. The second-order valence-electron chi connectivity index (χ2n) is 2.87. The number of hydrogen-bond acceptors (Lipinski definition) is 1. The van der Waals surface area contributed by atoms with E-state index >= 15 is 0 Å². The van der Waals surface area contributed by atoms with Gasteiger partial charge in [0.1, 0.15) is 11.6 Å². The average Bonchev–Trinajstić information content (AvgIpc) is 2.15. The lowest BCUT2D eigenvalue weighted by molar-refractivity contribution is 0.569. The van der Waals surface area contributed by atoms with Crippen LogP contribution >= 0.6 is 15.9 Å². The van der Waals surface area contributed by atoms with Crippen LogP contribution in [0.15, 0.2) is 23.2 Å². The maximum absolute atomic E-state index is 13.4. The molecule has 1 aromatic carbocycles. The molecular formula is C10H10BrF2N. The summed E-state index contributed by atoms with van der Waals surface area (Å²) in [4.78, 5) is 0. The molecule has 0 aliphatic rings. The van der Waals surface area contributed by atoms with Gasteiger partial charge in [-0.15, -0.1) is 0 Å². The third kappa shape index (κ3) is 2.19. The molecule has 0 atom stereocenters. The van der Waals surface area contributed by atoms with Crippen molar-refractivity contribution >= 4 is 21.5 Å². The van der Waals surface area contributed by atoms with Gasteiger partial charge in [0.25, 0.3) is 0 Å². The standard InChI is InChI=1S/C10H10BrF2N/c1-6(4-5-14)7-2-3-8(12)9(11)10(7)13/h2-3H,1,4-5,14H2. The minimum Gasteiger partial charge on any atom is -0.330 e. The van der Waals surface area contributed by atoms with E-state index in [9.17, 15) is 8.78 Å². The molecule has 0 bridgehead atoms. The molecule has 0 spiro atoms. The summed E-state index contributed by atoms with van der Waals surface area (Å²) in [5.74, 6) is -1.24. The summed E-state index contributed by atoms with van der Waals surface area (Å²) in [5.41, 5.74) is 6.20. The van der Waals surface area contributed by atoms with E-state index in [1.165, 1.54) is 12.1 Å². The molecule has 0 aromatic heterocycles. The SMILES string of the molecule is C=C(CCN)c1ccc(F)c(Br)c1F. The van der Waals surface area contributed by atoms with Gasteiger partial charge < -0.3 is 5.73 Å². The second kappa shape index (κ2) is 4.66. The van der Waals surface area contributed by atoms with Crippen molar-refractivity contribution in [2.24, 2.45) is 5.73 Å². The molecule has 0 saturated heterocycles. The van der Waals surface area contributed by atoms with E-state index in [1.807, 2.05) is 0 Å². The Labute approximate surface area is 89.7 Å². The molecule has 0 unspecified atom stereocenters. The van der Waals surface area contributed by atoms with Gasteiger partial charge in [-0.2, -0.15) is 0 Å². The van der Waals surface area contributed by atoms with E-state index in [0.717, 1.165) is 0 Å². The quantitative estimate of drug-likeness (QED) is 0.832. The van der Waals surface area contributed by atoms with E-state index in [1.54, 1.807) is 0 Å². The van der Waals surface area contributed by atoms with Crippen molar-refractivity contribution in [1.29, 1.82) is 0 Å². The van der Waals surface area contributed by atoms with Crippen molar-refractivity contribution in [1.82, 2.24) is 0 Å². The van der Waals surface area contributed by atoms with Crippen LogP contribution in [0.25, 0.3) is 5.57 Å². The maximum atomic E-state index is 13.4. The first kappa shape index (κ1) is 11.3. The molecular weight excluding hydrogens is 252 g/mol. The molecule has 0 fully saturated rings. The summed E-state index contributed by atoms with van der Waals surface area (Å²) < 4.78 is 26.2. The highest BCUT2D eigenvalue weighted by atomic mass is 79.9. The van der Waals surface area contributed by atoms with Gasteiger partial charge in [-0.3, -0.25) is 0 Å². The fourth-order valence-corrected chi connectivity index (χ4v) is 1.45. The van der Waals surface area contributed by atoms with Crippen molar-refractivity contribution < 1.29 is 8.78 Å². The molecule has 0 aliphatic heterocycles. The van der Waals surface area contributed by atoms with Crippen LogP contribution in [0.1, 0.15) is 12.0 Å². The summed E-state index contributed by atoms with van der Waals surface area (Å²) >= 11 is 2.83. The Hall–Kier alpha value is -0.740. The van der Waals surface area contributed by atoms with E-state index < -0.39 is 11.6 Å². The van der Waals surface area contributed by atoms with Crippen molar-refractivity contribution in [2.75, 3.05) is 6.54 Å². The molecule has 1 rings (SSSR count). The Bertz CT molecular complexity index is 363. The molecule has 0 radical (unpaired) electrons. The van der Waals surface area contributed by atoms with Gasteiger partial charge in [0, 0.05) is 5.56 Å². The number of rotatable bonds is 3. The van der Waals surface area contributed by atoms with E-state index in [0.29, 0.717) is 24.1 Å². The number of hydrogen-bond donors (Lipinski definition) is 1. The minimum absolute atomic E-state index is 0.159. The van der Waals surface area contributed by atoms with Crippen LogP contribution in [0.5, 0.6) is 0 Å². The highest BCUT2D eigenvalue weighted by molar-refractivity contribution is 9.10. The Morgan fingerprint density at radius 1 is 1.43 bits per heavy atom. The van der Waals surface area contributed by atoms with Crippen LogP contribution in [0.3, 0.4) is 0 Å². The van der Waals surface area contributed by atoms with Crippen LogP contribution in [0.4, 0.5) is 8.78 Å². The molecule has 0 saturated carbocycles. The van der Waals surface area contributed by atoms with Crippen LogP contribution in [-0.4, -0.2) is 6.54 Å². The molecule has 0 aliphatic carbocycles. The summed E-state index contributed by atoms with van der Waals surface area (Å²) in [6.45, 7) is 4.08. The molecule has 76 valence electrons. The van der Waals surface area contributed by atoms with Gasteiger partial charge in [-0.05, 0) is 46.6 Å². The number of nitrogens with two attached hydrogens (primary N) is 1. The Morgan fingerprint density at radius 2 is 2.07 bits per heavy atom. The van der Waals surface area contributed by atoms with Crippen LogP contribution < -0.4 is 5.73 Å². The number of benzene rings is 1. The Balaban J connectivity index is 3.11. The van der Waals surface area contributed by atoms with Crippen LogP contribution in [0, 0.1) is 11.6 Å². The van der Waals surface area contributed by atoms with Crippen LogP contribution in [0.2, 0.25) is 0 Å². The molecule has 1 nitrogen and oxygen atoms in total. The van der Waals surface area contributed by atoms with Crippen molar-refractivity contribution in [2.45, 2.75) is 6.42 Å². The largest absolute Gasteiger partial charge is 0.330 e. The van der Waals surface area contributed by atoms with Crippen molar-refractivity contribution in [3.63, 3.8) is 0 Å². The van der Waals surface area contributed by atoms with Crippen LogP contribution in [-0.2, 0) is 0 Å². The molecule has 14 heavy (non-hydrogen) atoms. The fraction of sp³-hybridized carbons (Fsp3) is 0.200. The zero-order chi connectivity index (χ0) is 10.7. The van der Waals surface area contributed by atoms with E-state index in [4.69, 9.17) is 5.73 Å². The topological polar surface area (TPSA) is 26.0 Å². The predicted octanol–water partition coefficient (Wildman–Crippen LogP) is 3.09. The van der Waals surface area contributed by atoms with E-state index in [2.05, 4.69) is 22.5 Å². The molecule has 4 heteroatoms. The Kier molecular flexibility index (Phi) is 3.77. The molecule has 0 heterocycles. The lowest BCUT2D eigenvalue weighted by atomic mass is 10.0. The summed E-state index contributed by atoms with van der Waals surface area (Å²) in [7, 11) is 0. The van der Waals surface area contributed by atoms with E-state index in [-0.39, 0.29) is 4.47 Å². The molecule has 1 aromatic rings. The first-order chi connectivity index (χ1) is 6.57. The van der Waals surface area contributed by atoms with Gasteiger partial charge >= 0.3 is 0 Å². The summed E-state index contributed by atoms with van der Waals surface area (Å²) in [5, 5.41) is 0. The monoisotopic (exact) mass is 261 g/mol. The highest BCUT2D eigenvalue weighted by Crippen LogP contribution is 2.27. The van der Waals surface area contributed by atoms with Gasteiger partial charge in [0.05, 0.1) is 4.47 Å². The highest BCUT2D eigenvalue weighted by Gasteiger charge is 2.12. The van der Waals surface area contributed by atoms with Crippen molar-refractivity contribution in [3.8, 4) is 0 Å². The zero-order valence-corrected chi connectivity index (χ0v) is 9.07. The normalized spacial score (nSPS) is 10.3. The van der Waals surface area contributed by atoms with Crippen molar-refractivity contribution in [3.05, 3.63) is 40.4 Å². The smallest absolute Gasteiger partial charge is 0.147 e. The minimum atomic E-state index is -0.622. The predicted molar refractivity (Wildman–Crippen MR) is 56.8 cm³/mol. The zero-order valence-electron chi connectivity index (χ0n) is 7.49. The average molecular weight is 262 g/mol. The lowest BCUT2D eigenvalue weighted by Crippen LogP contribution is -2.01. The second-order valence-corrected chi connectivity index (χ2v) is 3.66. The number of halogens is 3.